The van der Waals surface area contributed by atoms with Gasteiger partial charge in [0.05, 0.1) is 19.9 Å². The minimum absolute atomic E-state index is 0.0297. The molecule has 7 nitrogen and oxygen atoms in total. The van der Waals surface area contributed by atoms with Crippen molar-refractivity contribution in [3.63, 3.8) is 0 Å². The number of nitrogens with zero attached hydrogens (tertiary/aromatic N) is 2. The summed E-state index contributed by atoms with van der Waals surface area (Å²) >= 11 is 0. The highest BCUT2D eigenvalue weighted by Gasteiger charge is 2.24. The van der Waals surface area contributed by atoms with E-state index in [1.165, 1.54) is 0 Å². The number of hydrogen-bond acceptors (Lipinski definition) is 6. The Morgan fingerprint density at radius 1 is 1.00 bits per heavy atom. The fourth-order valence-corrected chi connectivity index (χ4v) is 3.44. The highest BCUT2D eigenvalue weighted by molar-refractivity contribution is 5.96. The van der Waals surface area contributed by atoms with E-state index in [9.17, 15) is 4.79 Å². The van der Waals surface area contributed by atoms with Crippen molar-refractivity contribution in [2.24, 2.45) is 0 Å². The van der Waals surface area contributed by atoms with E-state index in [0.29, 0.717) is 18.7 Å². The van der Waals surface area contributed by atoms with E-state index >= 15 is 0 Å². The average Bonchev–Trinajstić information content (AvgIpc) is 2.78. The van der Waals surface area contributed by atoms with Crippen molar-refractivity contribution in [2.75, 3.05) is 50.6 Å². The van der Waals surface area contributed by atoms with Crippen molar-refractivity contribution < 1.29 is 19.0 Å². The Kier molecular flexibility index (Phi) is 4.97. The monoisotopic (exact) mass is 381 g/mol. The molecule has 2 aromatic carbocycles. The summed E-state index contributed by atoms with van der Waals surface area (Å²) < 4.78 is 16.1. The Morgan fingerprint density at radius 2 is 1.71 bits per heavy atom. The molecule has 28 heavy (non-hydrogen) atoms. The predicted octanol–water partition coefficient (Wildman–Crippen LogP) is 2.94. The minimum Gasteiger partial charge on any atom is -0.497 e. The molecule has 146 valence electrons. The zero-order valence-electron chi connectivity index (χ0n) is 16.0. The number of ether oxygens (including phenoxy) is 3. The number of anilines is 2. The molecule has 0 unspecified atom stereocenters. The molecule has 0 saturated carbocycles. The maximum atomic E-state index is 12.9. The standard InChI is InChI=1S/C21H23N3O4/c1-26-17-12-16(13-18(14-17)27-2)23-6-8-24(9-7-23)21(25)15-3-4-20-19(11-15)22-5-10-28-20/h3-5,10-14,22H,6-9H2,1-2H3. The van der Waals surface area contributed by atoms with Crippen LogP contribution < -0.4 is 24.4 Å². The maximum Gasteiger partial charge on any atom is 0.254 e. The highest BCUT2D eigenvalue weighted by atomic mass is 16.5. The van der Waals surface area contributed by atoms with Crippen LogP contribution in [0.15, 0.2) is 48.9 Å². The van der Waals surface area contributed by atoms with Crippen molar-refractivity contribution in [3.8, 4) is 17.2 Å². The molecule has 2 aliphatic heterocycles. The predicted molar refractivity (Wildman–Crippen MR) is 107 cm³/mol. The molecule has 0 atom stereocenters. The average molecular weight is 381 g/mol. The third kappa shape index (κ3) is 3.55. The van der Waals surface area contributed by atoms with E-state index in [1.807, 2.05) is 35.2 Å². The molecule has 1 amide bonds. The van der Waals surface area contributed by atoms with Gasteiger partial charge in [0, 0.05) is 61.8 Å². The Labute approximate surface area is 164 Å². The van der Waals surface area contributed by atoms with Gasteiger partial charge in [-0.2, -0.15) is 0 Å². The van der Waals surface area contributed by atoms with Crippen LogP contribution >= 0.6 is 0 Å². The van der Waals surface area contributed by atoms with Gasteiger partial charge >= 0.3 is 0 Å². The van der Waals surface area contributed by atoms with Crippen molar-refractivity contribution in [3.05, 3.63) is 54.4 Å². The number of methoxy groups -OCH3 is 2. The lowest BCUT2D eigenvalue weighted by atomic mass is 10.1. The first-order chi connectivity index (χ1) is 13.7. The second-order valence-electron chi connectivity index (χ2n) is 6.63. The van der Waals surface area contributed by atoms with Crippen LogP contribution in [0, 0.1) is 0 Å². The van der Waals surface area contributed by atoms with Crippen LogP contribution in [-0.4, -0.2) is 51.2 Å². The smallest absolute Gasteiger partial charge is 0.254 e. The summed E-state index contributed by atoms with van der Waals surface area (Å²) in [6.45, 7) is 2.80. The third-order valence-corrected chi connectivity index (χ3v) is 5.00. The molecule has 0 aromatic heterocycles. The summed E-state index contributed by atoms with van der Waals surface area (Å²) in [6, 6.07) is 11.3. The fraction of sp³-hybridized carbons (Fsp3) is 0.286. The molecule has 1 N–H and O–H groups in total. The molecular weight excluding hydrogens is 358 g/mol. The van der Waals surface area contributed by atoms with E-state index in [2.05, 4.69) is 10.2 Å². The van der Waals surface area contributed by atoms with Gasteiger partial charge in [-0.15, -0.1) is 0 Å². The summed E-state index contributed by atoms with van der Waals surface area (Å²) in [6.07, 6.45) is 3.29. The fourth-order valence-electron chi connectivity index (χ4n) is 3.44. The number of benzene rings is 2. The van der Waals surface area contributed by atoms with Crippen LogP contribution in [0.3, 0.4) is 0 Å². The minimum atomic E-state index is 0.0297. The number of hydrogen-bond donors (Lipinski definition) is 1. The largest absolute Gasteiger partial charge is 0.497 e. The van der Waals surface area contributed by atoms with Crippen LogP contribution in [-0.2, 0) is 0 Å². The molecule has 1 saturated heterocycles. The van der Waals surface area contributed by atoms with E-state index in [-0.39, 0.29) is 5.91 Å². The summed E-state index contributed by atoms with van der Waals surface area (Å²) in [5.41, 5.74) is 2.49. The topological polar surface area (TPSA) is 63.3 Å². The second-order valence-corrected chi connectivity index (χ2v) is 6.63. The molecule has 1 fully saturated rings. The molecule has 0 spiro atoms. The summed E-state index contributed by atoms with van der Waals surface area (Å²) in [5, 5.41) is 3.10. The lowest BCUT2D eigenvalue weighted by Gasteiger charge is -2.36. The SMILES string of the molecule is COc1cc(OC)cc(N2CCN(C(=O)c3ccc4c(c3)NC=CO4)CC2)c1. The van der Waals surface area contributed by atoms with Gasteiger partial charge in [-0.1, -0.05) is 0 Å². The first-order valence-corrected chi connectivity index (χ1v) is 9.17. The Balaban J connectivity index is 1.44. The van der Waals surface area contributed by atoms with E-state index in [0.717, 1.165) is 41.7 Å². The van der Waals surface area contributed by atoms with E-state index in [1.54, 1.807) is 32.7 Å². The number of nitrogens with one attached hydrogen (secondary N) is 1. The van der Waals surface area contributed by atoms with Crippen LogP contribution in [0.1, 0.15) is 10.4 Å². The quantitative estimate of drug-likeness (QED) is 0.879. The lowest BCUT2D eigenvalue weighted by Crippen LogP contribution is -2.48. The van der Waals surface area contributed by atoms with Gasteiger partial charge in [0.25, 0.3) is 5.91 Å². The van der Waals surface area contributed by atoms with E-state index in [4.69, 9.17) is 14.2 Å². The lowest BCUT2D eigenvalue weighted by molar-refractivity contribution is 0.0746. The molecule has 0 aliphatic carbocycles. The highest BCUT2D eigenvalue weighted by Crippen LogP contribution is 2.30. The van der Waals surface area contributed by atoms with Gasteiger partial charge in [0.2, 0.25) is 0 Å². The van der Waals surface area contributed by atoms with Gasteiger partial charge in [-0.25, -0.2) is 0 Å². The molecule has 0 radical (unpaired) electrons. The van der Waals surface area contributed by atoms with Crippen molar-refractivity contribution in [2.45, 2.75) is 0 Å². The summed E-state index contributed by atoms with van der Waals surface area (Å²) in [5.74, 6) is 2.26. The van der Waals surface area contributed by atoms with Crippen LogP contribution in [0.2, 0.25) is 0 Å². The first-order valence-electron chi connectivity index (χ1n) is 9.17. The third-order valence-electron chi connectivity index (χ3n) is 5.00. The van der Waals surface area contributed by atoms with Crippen molar-refractivity contribution in [1.29, 1.82) is 0 Å². The number of carbonyl (C=O) groups is 1. The number of rotatable bonds is 4. The van der Waals surface area contributed by atoms with Crippen LogP contribution in [0.5, 0.6) is 17.2 Å². The van der Waals surface area contributed by atoms with Gasteiger partial charge in [0.1, 0.15) is 23.5 Å². The Morgan fingerprint density at radius 3 is 2.39 bits per heavy atom. The zero-order chi connectivity index (χ0) is 19.5. The van der Waals surface area contributed by atoms with Crippen LogP contribution in [0.25, 0.3) is 0 Å². The van der Waals surface area contributed by atoms with Crippen LogP contribution in [0.4, 0.5) is 11.4 Å². The number of piperazine rings is 1. The number of fused-ring (bicyclic) bond motifs is 1. The molecule has 7 heteroatoms. The molecule has 4 rings (SSSR count). The number of carbonyl (C=O) groups excluding carboxylic acids is 1. The van der Waals surface area contributed by atoms with Crippen molar-refractivity contribution in [1.82, 2.24) is 4.90 Å². The number of amides is 1. The van der Waals surface area contributed by atoms with Gasteiger partial charge in [-0.05, 0) is 18.2 Å². The van der Waals surface area contributed by atoms with Crippen molar-refractivity contribution >= 4 is 17.3 Å². The summed E-state index contributed by atoms with van der Waals surface area (Å²) in [4.78, 5) is 17.0. The molecule has 0 bridgehead atoms. The van der Waals surface area contributed by atoms with Gasteiger partial charge < -0.3 is 29.3 Å². The molecular formula is C21H23N3O4. The normalized spacial score (nSPS) is 15.4. The van der Waals surface area contributed by atoms with Gasteiger partial charge in [0.15, 0.2) is 0 Å². The zero-order valence-corrected chi connectivity index (χ0v) is 16.0. The molecule has 2 heterocycles. The maximum absolute atomic E-state index is 12.9. The first kappa shape index (κ1) is 18.0. The Hall–Kier alpha value is -3.35. The molecule has 2 aromatic rings. The van der Waals surface area contributed by atoms with E-state index < -0.39 is 0 Å². The Bertz CT molecular complexity index is 882. The van der Waals surface area contributed by atoms with Gasteiger partial charge in [-0.3, -0.25) is 4.79 Å². The summed E-state index contributed by atoms with van der Waals surface area (Å²) in [7, 11) is 3.28. The molecule has 2 aliphatic rings. The second kappa shape index (κ2) is 7.72.